The first-order valence-electron chi connectivity index (χ1n) is 8.63. The van der Waals surface area contributed by atoms with Crippen LogP contribution in [0, 0.1) is 36.4 Å². The zero-order chi connectivity index (χ0) is 18.4. The summed E-state index contributed by atoms with van der Waals surface area (Å²) < 4.78 is 13.5. The van der Waals surface area contributed by atoms with Crippen LogP contribution in [-0.2, 0) is 6.42 Å². The molecule has 0 unspecified atom stereocenters. The molecule has 0 spiro atoms. The van der Waals surface area contributed by atoms with Gasteiger partial charge in [0.15, 0.2) is 0 Å². The number of hydrogen-bond acceptors (Lipinski definition) is 0. The maximum absolute atomic E-state index is 13.5. The lowest BCUT2D eigenvalue weighted by molar-refractivity contribution is 0.618. The lowest BCUT2D eigenvalue weighted by Gasteiger charge is -1.96. The summed E-state index contributed by atoms with van der Waals surface area (Å²) in [5.41, 5.74) is 5.44. The molecule has 3 aromatic carbocycles. The molecule has 0 saturated heterocycles. The minimum atomic E-state index is -0.227. The molecule has 1 heteroatoms. The number of benzene rings is 3. The van der Waals surface area contributed by atoms with E-state index in [1.807, 2.05) is 42.5 Å². The van der Waals surface area contributed by atoms with Crippen LogP contribution in [0.1, 0.15) is 40.3 Å². The van der Waals surface area contributed by atoms with E-state index in [2.05, 4.69) is 42.7 Å². The van der Waals surface area contributed by atoms with Gasteiger partial charge in [-0.1, -0.05) is 48.8 Å². The molecule has 0 N–H and O–H groups in total. The Labute approximate surface area is 154 Å². The Balaban J connectivity index is 1.72. The lowest BCUT2D eigenvalue weighted by Crippen LogP contribution is -1.84. The second kappa shape index (κ2) is 8.19. The summed E-state index contributed by atoms with van der Waals surface area (Å²) in [6.07, 6.45) is 1.03. The van der Waals surface area contributed by atoms with Gasteiger partial charge >= 0.3 is 0 Å². The van der Waals surface area contributed by atoms with Gasteiger partial charge in [-0.05, 0) is 73.0 Å². The smallest absolute Gasteiger partial charge is 0.127 e. The van der Waals surface area contributed by atoms with Crippen LogP contribution in [0.3, 0.4) is 0 Å². The molecule has 0 atom stereocenters. The van der Waals surface area contributed by atoms with Gasteiger partial charge in [-0.15, -0.1) is 0 Å². The van der Waals surface area contributed by atoms with Crippen LogP contribution in [-0.4, -0.2) is 0 Å². The Morgan fingerprint density at radius 1 is 0.654 bits per heavy atom. The first-order chi connectivity index (χ1) is 12.6. The Hall–Kier alpha value is -3.29. The van der Waals surface area contributed by atoms with E-state index in [4.69, 9.17) is 0 Å². The largest absolute Gasteiger partial charge is 0.207 e. The van der Waals surface area contributed by atoms with Crippen LogP contribution in [0.2, 0.25) is 0 Å². The van der Waals surface area contributed by atoms with Crippen LogP contribution in [0.15, 0.2) is 66.7 Å². The Morgan fingerprint density at radius 2 is 1.08 bits per heavy atom. The van der Waals surface area contributed by atoms with E-state index in [0.717, 1.165) is 23.1 Å². The van der Waals surface area contributed by atoms with E-state index >= 15 is 0 Å². The van der Waals surface area contributed by atoms with Gasteiger partial charge in [0.2, 0.25) is 0 Å². The van der Waals surface area contributed by atoms with Crippen LogP contribution < -0.4 is 0 Å². The van der Waals surface area contributed by atoms with E-state index in [0.29, 0.717) is 11.1 Å². The van der Waals surface area contributed by atoms with Crippen molar-refractivity contribution in [3.63, 3.8) is 0 Å². The monoisotopic (exact) mass is 338 g/mol. The molecule has 3 rings (SSSR count). The molecule has 0 fully saturated rings. The third-order valence-corrected chi connectivity index (χ3v) is 4.12. The maximum atomic E-state index is 13.5. The molecular formula is C25H19F. The molecule has 126 valence electrons. The minimum absolute atomic E-state index is 0.227. The minimum Gasteiger partial charge on any atom is -0.207 e. The summed E-state index contributed by atoms with van der Waals surface area (Å²) in [4.78, 5) is 0. The van der Waals surface area contributed by atoms with Gasteiger partial charge in [-0.3, -0.25) is 0 Å². The van der Waals surface area contributed by atoms with Crippen LogP contribution in [0.5, 0.6) is 0 Å². The first kappa shape index (κ1) is 17.5. The van der Waals surface area contributed by atoms with Gasteiger partial charge < -0.3 is 0 Å². The highest BCUT2D eigenvalue weighted by molar-refractivity contribution is 5.48. The zero-order valence-corrected chi connectivity index (χ0v) is 14.9. The van der Waals surface area contributed by atoms with E-state index in [1.54, 1.807) is 13.0 Å². The summed E-state index contributed by atoms with van der Waals surface area (Å²) in [5.74, 6) is 12.2. The van der Waals surface area contributed by atoms with E-state index in [1.165, 1.54) is 11.6 Å². The molecule has 0 amide bonds. The fourth-order valence-electron chi connectivity index (χ4n) is 2.42. The molecule has 0 heterocycles. The van der Waals surface area contributed by atoms with Crippen molar-refractivity contribution < 1.29 is 4.39 Å². The highest BCUT2D eigenvalue weighted by atomic mass is 19.1. The van der Waals surface area contributed by atoms with Crippen LogP contribution in [0.25, 0.3) is 0 Å². The lowest BCUT2D eigenvalue weighted by atomic mass is 10.1. The molecule has 0 saturated carbocycles. The number of hydrogen-bond donors (Lipinski definition) is 0. The van der Waals surface area contributed by atoms with Gasteiger partial charge in [-0.2, -0.15) is 0 Å². The third-order valence-electron chi connectivity index (χ3n) is 4.12. The van der Waals surface area contributed by atoms with Crippen molar-refractivity contribution >= 4 is 0 Å². The average Bonchev–Trinajstić information content (AvgIpc) is 2.68. The third kappa shape index (κ3) is 4.62. The van der Waals surface area contributed by atoms with Gasteiger partial charge in [0.25, 0.3) is 0 Å². The van der Waals surface area contributed by atoms with Gasteiger partial charge in [0, 0.05) is 22.3 Å². The summed E-state index contributed by atoms with van der Waals surface area (Å²) in [6, 6.07) is 21.1. The standard InChI is InChI=1S/C25H19F/c1-3-20-6-8-21(9-7-20)10-11-22-12-14-23(15-13-22)16-17-24-5-4-19(2)25(26)18-24/h4-9,12-15,18H,3H2,1-2H3. The molecule has 0 nitrogen and oxygen atoms in total. The summed E-state index contributed by atoms with van der Waals surface area (Å²) in [7, 11) is 0. The highest BCUT2D eigenvalue weighted by Gasteiger charge is 1.96. The van der Waals surface area contributed by atoms with Gasteiger partial charge in [0.1, 0.15) is 5.82 Å². The van der Waals surface area contributed by atoms with Crippen molar-refractivity contribution in [3.05, 3.63) is 106 Å². The van der Waals surface area contributed by atoms with Gasteiger partial charge in [-0.25, -0.2) is 4.39 Å². The summed E-state index contributed by atoms with van der Waals surface area (Å²) in [6.45, 7) is 3.88. The van der Waals surface area contributed by atoms with Crippen molar-refractivity contribution in [1.82, 2.24) is 0 Å². The predicted octanol–water partition coefficient (Wildman–Crippen LogP) is 5.50. The number of halogens is 1. The molecule has 0 aliphatic rings. The highest BCUT2D eigenvalue weighted by Crippen LogP contribution is 2.09. The molecule has 0 aliphatic carbocycles. The zero-order valence-electron chi connectivity index (χ0n) is 14.9. The van der Waals surface area contributed by atoms with Crippen molar-refractivity contribution in [3.8, 4) is 23.7 Å². The molecule has 0 bridgehead atoms. The second-order valence-corrected chi connectivity index (χ2v) is 6.09. The summed E-state index contributed by atoms with van der Waals surface area (Å²) in [5, 5.41) is 0. The first-order valence-corrected chi connectivity index (χ1v) is 8.63. The Bertz CT molecular complexity index is 1020. The van der Waals surface area contributed by atoms with E-state index < -0.39 is 0 Å². The van der Waals surface area contributed by atoms with Crippen molar-refractivity contribution in [2.75, 3.05) is 0 Å². The second-order valence-electron chi connectivity index (χ2n) is 6.09. The van der Waals surface area contributed by atoms with Crippen molar-refractivity contribution in [2.45, 2.75) is 20.3 Å². The fourth-order valence-corrected chi connectivity index (χ4v) is 2.42. The number of aryl methyl sites for hydroxylation is 2. The molecule has 26 heavy (non-hydrogen) atoms. The maximum Gasteiger partial charge on any atom is 0.127 e. The van der Waals surface area contributed by atoms with Crippen LogP contribution >= 0.6 is 0 Å². The molecular weight excluding hydrogens is 319 g/mol. The fraction of sp³-hybridized carbons (Fsp3) is 0.120. The topological polar surface area (TPSA) is 0 Å². The Kier molecular flexibility index (Phi) is 5.52. The SMILES string of the molecule is CCc1ccc(C#Cc2ccc(C#Cc3ccc(C)c(F)c3)cc2)cc1. The Morgan fingerprint density at radius 3 is 1.54 bits per heavy atom. The normalized spacial score (nSPS) is 9.65. The molecule has 0 radical (unpaired) electrons. The van der Waals surface area contributed by atoms with Crippen molar-refractivity contribution in [2.24, 2.45) is 0 Å². The summed E-state index contributed by atoms with van der Waals surface area (Å²) >= 11 is 0. The van der Waals surface area contributed by atoms with Gasteiger partial charge in [0.05, 0.1) is 0 Å². The predicted molar refractivity (Wildman–Crippen MR) is 105 cm³/mol. The molecule has 3 aromatic rings. The molecule has 0 aliphatic heterocycles. The van der Waals surface area contributed by atoms with E-state index in [-0.39, 0.29) is 5.82 Å². The average molecular weight is 338 g/mol. The van der Waals surface area contributed by atoms with Crippen molar-refractivity contribution in [1.29, 1.82) is 0 Å². The van der Waals surface area contributed by atoms with Crippen LogP contribution in [0.4, 0.5) is 4.39 Å². The quantitative estimate of drug-likeness (QED) is 0.514. The molecule has 0 aromatic heterocycles. The van der Waals surface area contributed by atoms with E-state index in [9.17, 15) is 4.39 Å². The number of rotatable bonds is 1.